The highest BCUT2D eigenvalue weighted by Gasteiger charge is 2.44. The van der Waals surface area contributed by atoms with Crippen LogP contribution in [0.25, 0.3) is 0 Å². The largest absolute Gasteiger partial charge is 0.497 e. The minimum Gasteiger partial charge on any atom is -0.497 e. The number of ether oxygens (including phenoxy) is 6. The minimum absolute atomic E-state index is 0.00855. The molecule has 8 atom stereocenters. The molecule has 2 aliphatic heterocycles. The molecule has 0 bridgehead atoms. The number of carboxylic acids is 1. The number of benzene rings is 4. The summed E-state index contributed by atoms with van der Waals surface area (Å²) in [5.74, 6) is -6.03. The summed E-state index contributed by atoms with van der Waals surface area (Å²) in [5.41, 5.74) is 0.178. The molecule has 536 valence electrons. The normalized spacial score (nSPS) is 20.6. The molecular formula is C76H100N6O17. The molecule has 4 aromatic rings. The maximum absolute atomic E-state index is 14.8. The van der Waals surface area contributed by atoms with Crippen LogP contribution in [0.1, 0.15) is 188 Å². The average molecular weight is 1370 g/mol. The van der Waals surface area contributed by atoms with Crippen molar-refractivity contribution in [2.75, 3.05) is 74.9 Å². The van der Waals surface area contributed by atoms with Crippen LogP contribution in [-0.2, 0) is 28.7 Å². The van der Waals surface area contributed by atoms with Crippen LogP contribution in [0.15, 0.2) is 72.8 Å². The number of ketones is 3. The van der Waals surface area contributed by atoms with Gasteiger partial charge in [-0.1, -0.05) is 47.5 Å². The molecule has 2 heterocycles. The maximum atomic E-state index is 14.8. The van der Waals surface area contributed by atoms with E-state index in [0.29, 0.717) is 99.5 Å². The Labute approximate surface area is 580 Å². The number of hydrogen-bond donors (Lipinski definition) is 5. The molecule has 6 amide bonds. The zero-order valence-corrected chi connectivity index (χ0v) is 59.6. The summed E-state index contributed by atoms with van der Waals surface area (Å²) >= 11 is 0. The Morgan fingerprint density at radius 2 is 0.788 bits per heavy atom. The molecule has 99 heavy (non-hydrogen) atoms. The summed E-state index contributed by atoms with van der Waals surface area (Å²) in [6.45, 7) is 21.7. The number of carbonyl (C=O) groups excluding carboxylic acids is 9. The number of aromatic carboxylic acids is 1. The number of carboxylic acid groups (broad SMARTS) is 1. The van der Waals surface area contributed by atoms with Gasteiger partial charge in [0.1, 0.15) is 34.2 Å². The van der Waals surface area contributed by atoms with Gasteiger partial charge < -0.3 is 64.6 Å². The fraction of sp³-hybridized carbons (Fsp3) is 0.553. The molecule has 23 nitrogen and oxygen atoms in total. The van der Waals surface area contributed by atoms with E-state index in [1.165, 1.54) is 42.2 Å². The van der Waals surface area contributed by atoms with Gasteiger partial charge >= 0.3 is 18.2 Å². The zero-order valence-electron chi connectivity index (χ0n) is 59.6. The Bertz CT molecular complexity index is 3650. The number of anilines is 4. The fourth-order valence-corrected chi connectivity index (χ4v) is 13.4. The van der Waals surface area contributed by atoms with Crippen LogP contribution in [0.2, 0.25) is 0 Å². The van der Waals surface area contributed by atoms with E-state index in [0.717, 1.165) is 6.42 Å². The summed E-state index contributed by atoms with van der Waals surface area (Å²) in [5, 5.41) is 21.6. The lowest BCUT2D eigenvalue weighted by molar-refractivity contribution is -0.121. The summed E-state index contributed by atoms with van der Waals surface area (Å²) in [4.78, 5) is 142. The zero-order chi connectivity index (χ0) is 72.2. The second-order valence-electron chi connectivity index (χ2n) is 29.9. The Morgan fingerprint density at radius 1 is 0.444 bits per heavy atom. The summed E-state index contributed by atoms with van der Waals surface area (Å²) < 4.78 is 34.6. The first-order valence-corrected chi connectivity index (χ1v) is 34.7. The van der Waals surface area contributed by atoms with Crippen LogP contribution >= 0.6 is 0 Å². The fourth-order valence-electron chi connectivity index (χ4n) is 13.4. The predicted octanol–water partition coefficient (Wildman–Crippen LogP) is 13.6. The summed E-state index contributed by atoms with van der Waals surface area (Å²) in [7, 11) is 2.88. The van der Waals surface area contributed by atoms with Crippen molar-refractivity contribution in [1.29, 1.82) is 0 Å². The first kappa shape index (κ1) is 75.7. The SMILES string of the molecule is COc1cc(NC(=O)C2CN(C(=O)OC(C)(C)C)CC2C)cc(C(=O)CC2CCCC2C(=O)Nc2cc(OCCC(C)C)cc(C(=O)CC3CN(C(=O)OC(C)(C)C)CC3C(=O)Nc3cc(OC)cc(C(=O)CC4CCCC4C(=O)Nc4cc(OCCC(C)C)cc(C(=O)O)c4)c3)c2)c1. The summed E-state index contributed by atoms with van der Waals surface area (Å²) in [6.07, 6.45) is 3.63. The van der Waals surface area contributed by atoms with Crippen molar-refractivity contribution in [3.63, 3.8) is 0 Å². The van der Waals surface area contributed by atoms with Gasteiger partial charge in [0, 0.05) is 121 Å². The van der Waals surface area contributed by atoms with E-state index in [-0.39, 0.29) is 131 Å². The molecule has 2 saturated heterocycles. The van der Waals surface area contributed by atoms with Crippen molar-refractivity contribution in [3.8, 4) is 23.0 Å². The first-order chi connectivity index (χ1) is 46.7. The van der Waals surface area contributed by atoms with Crippen LogP contribution in [0.5, 0.6) is 23.0 Å². The third kappa shape index (κ3) is 21.5. The number of carbonyl (C=O) groups is 10. The number of hydrogen-bond acceptors (Lipinski definition) is 16. The highest BCUT2D eigenvalue weighted by atomic mass is 16.6. The van der Waals surface area contributed by atoms with E-state index in [4.69, 9.17) is 28.4 Å². The van der Waals surface area contributed by atoms with Crippen LogP contribution < -0.4 is 40.2 Å². The summed E-state index contributed by atoms with van der Waals surface area (Å²) in [6, 6.07) is 18.6. The van der Waals surface area contributed by atoms with Crippen LogP contribution in [-0.4, -0.2) is 139 Å². The van der Waals surface area contributed by atoms with E-state index in [1.807, 2.05) is 20.8 Å². The molecule has 0 aromatic heterocycles. The van der Waals surface area contributed by atoms with Crippen molar-refractivity contribution < 1.29 is 81.5 Å². The third-order valence-corrected chi connectivity index (χ3v) is 18.7. The number of Topliss-reactive ketones (excluding diaryl/α,β-unsaturated/α-hetero) is 3. The molecule has 4 aliphatic rings. The standard InChI is InChI=1S/C76H100N6O17/c1-43(2)20-22-96-59-30-50(26-55(37-59)77-68(86)61-18-14-16-46(61)32-65(83)48-24-53(35-57(28-48)94-12)79-70(88)63-41-81(39-45(63)5)73(92)98-75(6,7)8)67(85)34-52-40-82(74(93)99-76(9,10)11)42-64(52)71(89)80-54-25-49(29-58(36-54)95-13)66(84)33-47-17-15-19-62(47)69(87)78-56-27-51(72(90)91)31-60(38-56)97-23-21-44(3)4/h24-31,35-38,43-47,52,61-64H,14-23,32-34,39-42H2,1-13H3,(H,77,86)(H,78,87)(H,79,88)(H,80,89)(H,90,91). The van der Waals surface area contributed by atoms with Gasteiger partial charge in [-0.25, -0.2) is 14.4 Å². The minimum atomic E-state index is -1.18. The topological polar surface area (TPSA) is 301 Å². The highest BCUT2D eigenvalue weighted by molar-refractivity contribution is 6.04. The molecule has 23 heteroatoms. The quantitative estimate of drug-likeness (QED) is 0.0330. The van der Waals surface area contributed by atoms with E-state index >= 15 is 0 Å². The number of rotatable bonds is 28. The second kappa shape index (κ2) is 33.2. The molecule has 4 aromatic carbocycles. The molecule has 8 rings (SSSR count). The van der Waals surface area contributed by atoms with Crippen LogP contribution in [0.4, 0.5) is 32.3 Å². The third-order valence-electron chi connectivity index (χ3n) is 18.7. The van der Waals surface area contributed by atoms with Gasteiger partial charge in [-0.2, -0.15) is 0 Å². The molecule has 2 aliphatic carbocycles. The molecule has 0 radical (unpaired) electrons. The predicted molar refractivity (Wildman–Crippen MR) is 374 cm³/mol. The average Bonchev–Trinajstić information content (AvgIpc) is 1.81. The van der Waals surface area contributed by atoms with Gasteiger partial charge in [-0.05, 0) is 164 Å². The molecular weight excluding hydrogens is 1270 g/mol. The van der Waals surface area contributed by atoms with Crippen molar-refractivity contribution in [2.45, 2.75) is 158 Å². The molecule has 0 spiro atoms. The number of nitrogens with zero attached hydrogens (tertiary/aromatic N) is 2. The van der Waals surface area contributed by atoms with E-state index < -0.39 is 70.6 Å². The second-order valence-corrected chi connectivity index (χ2v) is 29.9. The number of likely N-dealkylation sites (tertiary alicyclic amines) is 2. The smallest absolute Gasteiger partial charge is 0.410 e. The molecule has 8 unspecified atom stereocenters. The van der Waals surface area contributed by atoms with Gasteiger partial charge in [0.05, 0.1) is 44.8 Å². The Hall–Kier alpha value is -9.02. The Kier molecular flexibility index (Phi) is 25.4. The van der Waals surface area contributed by atoms with E-state index in [9.17, 15) is 53.1 Å². The Morgan fingerprint density at radius 3 is 1.18 bits per heavy atom. The van der Waals surface area contributed by atoms with Crippen LogP contribution in [0, 0.1) is 59.2 Å². The first-order valence-electron chi connectivity index (χ1n) is 34.7. The van der Waals surface area contributed by atoms with Crippen molar-refractivity contribution in [1.82, 2.24) is 9.80 Å². The van der Waals surface area contributed by atoms with E-state index in [1.54, 1.807) is 96.1 Å². The van der Waals surface area contributed by atoms with Crippen molar-refractivity contribution in [3.05, 3.63) is 95.1 Å². The van der Waals surface area contributed by atoms with Crippen molar-refractivity contribution >= 4 is 81.9 Å². The van der Waals surface area contributed by atoms with Crippen LogP contribution in [0.3, 0.4) is 0 Å². The van der Waals surface area contributed by atoms with E-state index in [2.05, 4.69) is 35.1 Å². The highest BCUT2D eigenvalue weighted by Crippen LogP contribution is 2.40. The van der Waals surface area contributed by atoms with Gasteiger partial charge in [0.25, 0.3) is 0 Å². The maximum Gasteiger partial charge on any atom is 0.410 e. The number of nitrogens with one attached hydrogen (secondary N) is 4. The lowest BCUT2D eigenvalue weighted by Crippen LogP contribution is -2.36. The van der Waals surface area contributed by atoms with Gasteiger partial charge in [0.2, 0.25) is 23.6 Å². The molecule has 2 saturated carbocycles. The van der Waals surface area contributed by atoms with Gasteiger partial charge in [0.15, 0.2) is 17.3 Å². The molecule has 5 N–H and O–H groups in total. The monoisotopic (exact) mass is 1370 g/mol. The van der Waals surface area contributed by atoms with Gasteiger partial charge in [-0.15, -0.1) is 0 Å². The number of amides is 6. The number of methoxy groups -OCH3 is 2. The molecule has 4 fully saturated rings. The Balaban J connectivity index is 0.955. The lowest BCUT2D eigenvalue weighted by atomic mass is 9.88. The van der Waals surface area contributed by atoms with Crippen molar-refractivity contribution in [2.24, 2.45) is 59.2 Å². The lowest BCUT2D eigenvalue weighted by Gasteiger charge is -2.24. The van der Waals surface area contributed by atoms with Gasteiger partial charge in [-0.3, -0.25) is 33.6 Å².